The first-order chi connectivity index (χ1) is 16.2. The van der Waals surface area contributed by atoms with Crippen molar-refractivity contribution in [3.63, 3.8) is 0 Å². The quantitative estimate of drug-likeness (QED) is 0.672. The molecular weight excluding hydrogens is 458 g/mol. The highest BCUT2D eigenvalue weighted by atomic mass is 32.2. The van der Waals surface area contributed by atoms with Gasteiger partial charge in [0.1, 0.15) is 5.75 Å². The Hall–Kier alpha value is -2.95. The molecule has 10 heteroatoms. The summed E-state index contributed by atoms with van der Waals surface area (Å²) in [6.07, 6.45) is -0.172. The van der Waals surface area contributed by atoms with Gasteiger partial charge in [0, 0.05) is 32.2 Å². The van der Waals surface area contributed by atoms with Crippen molar-refractivity contribution in [3.05, 3.63) is 48.0 Å². The number of carbonyl (C=O) groups excluding carboxylic acids is 2. The summed E-state index contributed by atoms with van der Waals surface area (Å²) in [5.41, 5.74) is 1.67. The van der Waals surface area contributed by atoms with Crippen LogP contribution in [-0.2, 0) is 24.3 Å². The fourth-order valence-corrected chi connectivity index (χ4v) is 5.59. The van der Waals surface area contributed by atoms with Crippen molar-refractivity contribution in [1.82, 2.24) is 4.31 Å². The van der Waals surface area contributed by atoms with E-state index in [-0.39, 0.29) is 42.1 Å². The van der Waals surface area contributed by atoms with E-state index in [0.29, 0.717) is 24.7 Å². The van der Waals surface area contributed by atoms with Gasteiger partial charge in [-0.3, -0.25) is 9.59 Å². The van der Waals surface area contributed by atoms with Gasteiger partial charge < -0.3 is 19.7 Å². The predicted molar refractivity (Wildman–Crippen MR) is 128 cm³/mol. The highest BCUT2D eigenvalue weighted by Crippen LogP contribution is 2.37. The second-order valence-corrected chi connectivity index (χ2v) is 10.5. The number of rotatable bonds is 6. The Labute approximate surface area is 199 Å². The molecule has 0 spiro atoms. The van der Waals surface area contributed by atoms with Crippen LogP contribution in [0.1, 0.15) is 31.7 Å². The average molecular weight is 488 g/mol. The van der Waals surface area contributed by atoms with Gasteiger partial charge in [0.15, 0.2) is 0 Å². The number of amides is 2. The number of sulfonamides is 1. The molecule has 0 bridgehead atoms. The number of morpholine rings is 1. The summed E-state index contributed by atoms with van der Waals surface area (Å²) in [5.74, 6) is -0.910. The molecule has 1 saturated heterocycles. The molecule has 34 heavy (non-hydrogen) atoms. The standard InChI is InChI=1S/C24H29N3O6S/c1-16(2)33-22-9-8-17(34(30,31)27-10-12-32-13-11-27)14-20(22)25-24(29)19-15-23(28)26(3)21-7-5-4-6-18(19)21/h4-9,14,16,19H,10-13,15H2,1-3H3,(H,25,29)/t19-/m1/s1. The van der Waals surface area contributed by atoms with Crippen LogP contribution < -0.4 is 15.0 Å². The average Bonchev–Trinajstić information content (AvgIpc) is 2.82. The van der Waals surface area contributed by atoms with Gasteiger partial charge in [-0.1, -0.05) is 18.2 Å². The van der Waals surface area contributed by atoms with Gasteiger partial charge in [0.2, 0.25) is 21.8 Å². The van der Waals surface area contributed by atoms with Crippen molar-refractivity contribution < 1.29 is 27.5 Å². The Balaban J connectivity index is 1.67. The minimum atomic E-state index is -3.77. The number of para-hydroxylation sites is 1. The predicted octanol–water partition coefficient (Wildman–Crippen LogP) is 2.58. The number of hydrogen-bond donors (Lipinski definition) is 1. The van der Waals surface area contributed by atoms with Gasteiger partial charge in [-0.25, -0.2) is 8.42 Å². The number of nitrogens with zero attached hydrogens (tertiary/aromatic N) is 2. The Bertz CT molecular complexity index is 1190. The molecule has 2 amide bonds. The molecule has 0 aromatic heterocycles. The van der Waals surface area contributed by atoms with Crippen LogP contribution in [-0.4, -0.2) is 64.0 Å². The van der Waals surface area contributed by atoms with Crippen LogP contribution in [0.25, 0.3) is 0 Å². The molecule has 1 N–H and O–H groups in total. The zero-order valence-electron chi connectivity index (χ0n) is 19.5. The van der Waals surface area contributed by atoms with Crippen molar-refractivity contribution in [2.75, 3.05) is 43.6 Å². The summed E-state index contributed by atoms with van der Waals surface area (Å²) in [6.45, 7) is 4.89. The zero-order valence-corrected chi connectivity index (χ0v) is 20.3. The third kappa shape index (κ3) is 4.79. The van der Waals surface area contributed by atoms with Crippen molar-refractivity contribution >= 4 is 33.2 Å². The molecule has 0 radical (unpaired) electrons. The van der Waals surface area contributed by atoms with Crippen LogP contribution in [0.2, 0.25) is 0 Å². The molecule has 1 fully saturated rings. The lowest BCUT2D eigenvalue weighted by Gasteiger charge is -2.31. The van der Waals surface area contributed by atoms with Gasteiger partial charge in [0.05, 0.1) is 35.8 Å². The third-order valence-corrected chi connectivity index (χ3v) is 7.82. The maximum atomic E-state index is 13.4. The highest BCUT2D eigenvalue weighted by Gasteiger charge is 2.34. The number of hydrogen-bond acceptors (Lipinski definition) is 6. The summed E-state index contributed by atoms with van der Waals surface area (Å²) in [6, 6.07) is 11.7. The van der Waals surface area contributed by atoms with E-state index in [1.54, 1.807) is 24.1 Å². The number of anilines is 2. The lowest BCUT2D eigenvalue weighted by molar-refractivity contribution is -0.124. The van der Waals surface area contributed by atoms with Crippen molar-refractivity contribution in [2.45, 2.75) is 37.2 Å². The highest BCUT2D eigenvalue weighted by molar-refractivity contribution is 7.89. The van der Waals surface area contributed by atoms with Gasteiger partial charge >= 0.3 is 0 Å². The summed E-state index contributed by atoms with van der Waals surface area (Å²) >= 11 is 0. The van der Waals surface area contributed by atoms with Gasteiger partial charge in [-0.15, -0.1) is 0 Å². The van der Waals surface area contributed by atoms with Crippen LogP contribution >= 0.6 is 0 Å². The zero-order chi connectivity index (χ0) is 24.5. The fourth-order valence-electron chi connectivity index (χ4n) is 4.16. The summed E-state index contributed by atoms with van der Waals surface area (Å²) in [7, 11) is -2.09. The Kier molecular flexibility index (Phi) is 6.92. The van der Waals surface area contributed by atoms with Gasteiger partial charge in [-0.05, 0) is 43.7 Å². The van der Waals surface area contributed by atoms with E-state index in [0.717, 1.165) is 5.56 Å². The van der Waals surface area contributed by atoms with Gasteiger partial charge in [0.25, 0.3) is 0 Å². The van der Waals surface area contributed by atoms with Crippen LogP contribution in [0.4, 0.5) is 11.4 Å². The molecule has 2 aromatic carbocycles. The molecule has 2 aliphatic heterocycles. The number of ether oxygens (including phenoxy) is 2. The number of nitrogens with one attached hydrogen (secondary N) is 1. The van der Waals surface area contributed by atoms with E-state index < -0.39 is 21.8 Å². The van der Waals surface area contributed by atoms with Crippen LogP contribution in [0.5, 0.6) is 5.75 Å². The third-order valence-electron chi connectivity index (χ3n) is 5.92. The van der Waals surface area contributed by atoms with Crippen molar-refractivity contribution in [3.8, 4) is 5.75 Å². The molecule has 182 valence electrons. The molecule has 9 nitrogen and oxygen atoms in total. The summed E-state index contributed by atoms with van der Waals surface area (Å²) < 4.78 is 38.8. The number of carbonyl (C=O) groups is 2. The first-order valence-corrected chi connectivity index (χ1v) is 12.7. The molecule has 1 atom stereocenters. The van der Waals surface area contributed by atoms with Crippen LogP contribution in [0.3, 0.4) is 0 Å². The topological polar surface area (TPSA) is 105 Å². The van der Waals surface area contributed by atoms with E-state index in [2.05, 4.69) is 5.32 Å². The van der Waals surface area contributed by atoms with Crippen LogP contribution in [0.15, 0.2) is 47.4 Å². The Morgan fingerprint density at radius 3 is 2.56 bits per heavy atom. The lowest BCUT2D eigenvalue weighted by atomic mass is 9.89. The summed E-state index contributed by atoms with van der Waals surface area (Å²) in [5, 5.41) is 2.83. The smallest absolute Gasteiger partial charge is 0.243 e. The molecule has 0 saturated carbocycles. The van der Waals surface area contributed by atoms with E-state index in [9.17, 15) is 18.0 Å². The molecule has 0 unspecified atom stereocenters. The largest absolute Gasteiger partial charge is 0.489 e. The first-order valence-electron chi connectivity index (χ1n) is 11.2. The second kappa shape index (κ2) is 9.73. The minimum Gasteiger partial charge on any atom is -0.489 e. The monoisotopic (exact) mass is 487 g/mol. The first kappa shape index (κ1) is 24.2. The normalized spacial score (nSPS) is 19.1. The Morgan fingerprint density at radius 1 is 1.15 bits per heavy atom. The maximum absolute atomic E-state index is 13.4. The Morgan fingerprint density at radius 2 is 1.85 bits per heavy atom. The lowest BCUT2D eigenvalue weighted by Crippen LogP contribution is -2.40. The summed E-state index contributed by atoms with van der Waals surface area (Å²) in [4.78, 5) is 27.5. The number of fused-ring (bicyclic) bond motifs is 1. The minimum absolute atomic E-state index is 0.0193. The molecule has 2 heterocycles. The van der Waals surface area contributed by atoms with E-state index in [1.165, 1.54) is 16.4 Å². The maximum Gasteiger partial charge on any atom is 0.243 e. The van der Waals surface area contributed by atoms with Crippen LogP contribution in [0, 0.1) is 0 Å². The van der Waals surface area contributed by atoms with E-state index in [4.69, 9.17) is 9.47 Å². The second-order valence-electron chi connectivity index (χ2n) is 8.60. The van der Waals surface area contributed by atoms with Gasteiger partial charge in [-0.2, -0.15) is 4.31 Å². The fraction of sp³-hybridized carbons (Fsp3) is 0.417. The van der Waals surface area contributed by atoms with Crippen molar-refractivity contribution in [1.29, 1.82) is 0 Å². The molecule has 0 aliphatic carbocycles. The van der Waals surface area contributed by atoms with Crippen molar-refractivity contribution in [2.24, 2.45) is 0 Å². The molecule has 2 aromatic rings. The number of benzene rings is 2. The molecule has 2 aliphatic rings. The SMILES string of the molecule is CC(C)Oc1ccc(S(=O)(=O)N2CCOCC2)cc1NC(=O)[C@@H]1CC(=O)N(C)c2ccccc21. The molecular formula is C24H29N3O6S. The molecule has 4 rings (SSSR count). The van der Waals surface area contributed by atoms with E-state index in [1.807, 2.05) is 32.0 Å². The van der Waals surface area contributed by atoms with E-state index >= 15 is 0 Å².